The maximum atomic E-state index is 4.82. The Balaban J connectivity index is 1.90. The van der Waals surface area contributed by atoms with Gasteiger partial charge in [0, 0.05) is 10.3 Å². The molecular weight excluding hydrogens is 375 g/mol. The summed E-state index contributed by atoms with van der Waals surface area (Å²) in [6, 6.07) is 39.2. The molecule has 0 aliphatic rings. The van der Waals surface area contributed by atoms with Crippen LogP contribution in [0.1, 0.15) is 0 Å². The number of hydrogen-bond donors (Lipinski definition) is 1. The van der Waals surface area contributed by atoms with Gasteiger partial charge in [-0.25, -0.2) is 0 Å². The minimum Gasteiger partial charge on any atom is -0.143 e. The molecule has 28 heavy (non-hydrogen) atoms. The minimum atomic E-state index is -0.665. The first-order valence-corrected chi connectivity index (χ1v) is 11.2. The average molecular weight is 394 g/mol. The Morgan fingerprint density at radius 1 is 0.464 bits per heavy atom. The van der Waals surface area contributed by atoms with Crippen molar-refractivity contribution in [2.75, 3.05) is 0 Å². The number of fused-ring (bicyclic) bond motifs is 3. The zero-order chi connectivity index (χ0) is 18.9. The third-order valence-electron chi connectivity index (χ3n) is 5.11. The van der Waals surface area contributed by atoms with Gasteiger partial charge in [-0.05, 0) is 46.1 Å². The normalized spacial score (nSPS) is 11.4. The highest BCUT2D eigenvalue weighted by atomic mass is 32.1. The molecule has 5 rings (SSSR count). The van der Waals surface area contributed by atoms with Gasteiger partial charge in [0.05, 0.1) is 0 Å². The molecule has 0 saturated heterocycles. The largest absolute Gasteiger partial charge is 0.143 e. The molecule has 2 heteroatoms. The third-order valence-corrected chi connectivity index (χ3v) is 7.97. The van der Waals surface area contributed by atoms with Gasteiger partial charge in [-0.2, -0.15) is 0 Å². The first kappa shape index (κ1) is 17.5. The van der Waals surface area contributed by atoms with Gasteiger partial charge in [-0.3, -0.25) is 0 Å². The van der Waals surface area contributed by atoms with Crippen molar-refractivity contribution in [1.82, 2.24) is 0 Å². The van der Waals surface area contributed by atoms with Crippen LogP contribution in [0.5, 0.6) is 0 Å². The molecule has 0 heterocycles. The predicted molar refractivity (Wildman–Crippen MR) is 127 cm³/mol. The second kappa shape index (κ2) is 7.43. The summed E-state index contributed by atoms with van der Waals surface area (Å²) in [5, 5.41) is 9.20. The van der Waals surface area contributed by atoms with Gasteiger partial charge >= 0.3 is 0 Å². The van der Waals surface area contributed by atoms with Crippen LogP contribution in [0.2, 0.25) is 0 Å². The van der Waals surface area contributed by atoms with E-state index in [2.05, 4.69) is 109 Å². The van der Waals surface area contributed by atoms with Crippen LogP contribution in [0.15, 0.2) is 114 Å². The maximum Gasteiger partial charge on any atom is 0.0125 e. The Kier molecular flexibility index (Phi) is 4.64. The molecule has 0 N–H and O–H groups in total. The molecule has 0 unspecified atom stereocenters. The molecule has 5 aromatic rings. The Morgan fingerprint density at radius 2 is 1.00 bits per heavy atom. The lowest BCUT2D eigenvalue weighted by atomic mass is 10.0. The van der Waals surface area contributed by atoms with Gasteiger partial charge in [0.25, 0.3) is 0 Å². The van der Waals surface area contributed by atoms with Gasteiger partial charge < -0.3 is 0 Å². The smallest absolute Gasteiger partial charge is 0.0125 e. The first-order valence-electron chi connectivity index (χ1n) is 9.36. The third kappa shape index (κ3) is 3.02. The summed E-state index contributed by atoms with van der Waals surface area (Å²) in [6.07, 6.45) is 0. The number of thiol groups is 1. The van der Waals surface area contributed by atoms with Crippen molar-refractivity contribution < 1.29 is 0 Å². The maximum absolute atomic E-state index is 4.82. The second-order valence-electron chi connectivity index (χ2n) is 6.82. The van der Waals surface area contributed by atoms with Gasteiger partial charge in [-0.1, -0.05) is 103 Å². The lowest BCUT2D eigenvalue weighted by Gasteiger charge is -2.22. The fraction of sp³-hybridized carbons (Fsp3) is 0. The first-order chi connectivity index (χ1) is 13.8. The number of rotatable bonds is 3. The van der Waals surface area contributed by atoms with Gasteiger partial charge in [0.15, 0.2) is 0 Å². The van der Waals surface area contributed by atoms with E-state index in [-0.39, 0.29) is 0 Å². The summed E-state index contributed by atoms with van der Waals surface area (Å²) in [6.45, 7) is 0. The summed E-state index contributed by atoms with van der Waals surface area (Å²) in [4.78, 5) is 1.03. The molecule has 0 nitrogen and oxygen atoms in total. The lowest BCUT2D eigenvalue weighted by Crippen LogP contribution is -2.21. The number of benzene rings is 5. The van der Waals surface area contributed by atoms with Crippen molar-refractivity contribution in [3.63, 3.8) is 0 Å². The zero-order valence-corrected chi connectivity index (χ0v) is 17.1. The van der Waals surface area contributed by atoms with E-state index >= 15 is 0 Å². The van der Waals surface area contributed by atoms with E-state index in [0.717, 1.165) is 4.90 Å². The van der Waals surface area contributed by atoms with Crippen molar-refractivity contribution in [1.29, 1.82) is 0 Å². The molecule has 0 aliphatic carbocycles. The SMILES string of the molecule is Sc1cccc2ccc3cccc(P(c4ccccc4)c4ccccc4)c3c12. The predicted octanol–water partition coefficient (Wildman–Crippen LogP) is 6.04. The molecule has 0 atom stereocenters. The Hall–Kier alpha value is -2.60. The van der Waals surface area contributed by atoms with E-state index in [1.807, 2.05) is 0 Å². The molecule has 0 bridgehead atoms. The highest BCUT2D eigenvalue weighted by Crippen LogP contribution is 2.39. The molecule has 0 aliphatic heterocycles. The van der Waals surface area contributed by atoms with Crippen LogP contribution in [0, 0.1) is 0 Å². The zero-order valence-electron chi connectivity index (χ0n) is 15.3. The van der Waals surface area contributed by atoms with Gasteiger partial charge in [-0.15, -0.1) is 12.6 Å². The molecule has 134 valence electrons. The van der Waals surface area contributed by atoms with Crippen molar-refractivity contribution in [2.24, 2.45) is 0 Å². The fourth-order valence-electron chi connectivity index (χ4n) is 3.88. The molecule has 0 spiro atoms. The summed E-state index contributed by atoms with van der Waals surface area (Å²) in [5.41, 5.74) is 0. The fourth-order valence-corrected chi connectivity index (χ4v) is 6.71. The van der Waals surface area contributed by atoms with E-state index < -0.39 is 7.92 Å². The Bertz CT molecular complexity index is 1220. The summed E-state index contributed by atoms with van der Waals surface area (Å²) >= 11 is 4.82. The van der Waals surface area contributed by atoms with Crippen LogP contribution in [-0.4, -0.2) is 0 Å². The summed E-state index contributed by atoms with van der Waals surface area (Å²) in [7, 11) is -0.665. The van der Waals surface area contributed by atoms with Crippen molar-refractivity contribution >= 4 is 58.0 Å². The van der Waals surface area contributed by atoms with E-state index in [0.29, 0.717) is 0 Å². The second-order valence-corrected chi connectivity index (χ2v) is 9.49. The van der Waals surface area contributed by atoms with E-state index in [4.69, 9.17) is 12.6 Å². The van der Waals surface area contributed by atoms with E-state index in [1.165, 1.54) is 37.5 Å². The summed E-state index contributed by atoms with van der Waals surface area (Å²) in [5.74, 6) is 0. The van der Waals surface area contributed by atoms with E-state index in [1.54, 1.807) is 0 Å². The van der Waals surface area contributed by atoms with Crippen LogP contribution < -0.4 is 15.9 Å². The standard InChI is InChI=1S/C26H19PS/c28-24-16-8-10-20-18-17-19-9-7-15-23(25(19)26(20)24)27(21-11-3-1-4-12-21)22-13-5-2-6-14-22/h1-18,28H. The van der Waals surface area contributed by atoms with Crippen LogP contribution in [0.3, 0.4) is 0 Å². The Labute approximate surface area is 172 Å². The quantitative estimate of drug-likeness (QED) is 0.215. The van der Waals surface area contributed by atoms with Crippen LogP contribution in [-0.2, 0) is 0 Å². The van der Waals surface area contributed by atoms with Gasteiger partial charge in [0.1, 0.15) is 0 Å². The molecular formula is C26H19PS. The molecule has 0 radical (unpaired) electrons. The van der Waals surface area contributed by atoms with E-state index in [9.17, 15) is 0 Å². The highest BCUT2D eigenvalue weighted by molar-refractivity contribution is 7.81. The highest BCUT2D eigenvalue weighted by Gasteiger charge is 2.20. The number of hydrogen-bond acceptors (Lipinski definition) is 1. The topological polar surface area (TPSA) is 0 Å². The van der Waals surface area contributed by atoms with Gasteiger partial charge in [0.2, 0.25) is 0 Å². The summed E-state index contributed by atoms with van der Waals surface area (Å²) < 4.78 is 0. The molecule has 0 amide bonds. The molecule has 0 saturated carbocycles. The monoisotopic (exact) mass is 394 g/mol. The molecule has 0 aromatic heterocycles. The minimum absolute atomic E-state index is 0.665. The van der Waals surface area contributed by atoms with Crippen molar-refractivity contribution in [2.45, 2.75) is 4.90 Å². The lowest BCUT2D eigenvalue weighted by molar-refractivity contribution is 1.58. The van der Waals surface area contributed by atoms with Crippen LogP contribution in [0.25, 0.3) is 21.5 Å². The Morgan fingerprint density at radius 3 is 1.61 bits per heavy atom. The van der Waals surface area contributed by atoms with Crippen LogP contribution in [0.4, 0.5) is 0 Å². The molecule has 5 aromatic carbocycles. The average Bonchev–Trinajstić information content (AvgIpc) is 2.75. The van der Waals surface area contributed by atoms with Crippen molar-refractivity contribution in [3.8, 4) is 0 Å². The van der Waals surface area contributed by atoms with Crippen LogP contribution >= 0.6 is 20.6 Å². The van der Waals surface area contributed by atoms with Crippen molar-refractivity contribution in [3.05, 3.63) is 109 Å². The molecule has 0 fully saturated rings.